The lowest BCUT2D eigenvalue weighted by Crippen LogP contribution is -2.30. The van der Waals surface area contributed by atoms with Crippen molar-refractivity contribution in [3.05, 3.63) is 30.4 Å². The Balaban J connectivity index is 1.90. The molecule has 0 aromatic carbocycles. The molecular weight excluding hydrogens is 314 g/mol. The molecule has 0 saturated carbocycles. The lowest BCUT2D eigenvalue weighted by molar-refractivity contribution is 0.347. The fourth-order valence-corrected chi connectivity index (χ4v) is 4.82. The number of hydrogen-bond donors (Lipinski definition) is 0. The molecule has 0 N–H and O–H groups in total. The first kappa shape index (κ1) is 16.2. The first-order valence-electron chi connectivity index (χ1n) is 7.75. The van der Waals surface area contributed by atoms with E-state index in [0.717, 1.165) is 5.56 Å². The van der Waals surface area contributed by atoms with Crippen molar-refractivity contribution >= 4 is 10.0 Å². The smallest absolute Gasteiger partial charge is 0.246 e. The summed E-state index contributed by atoms with van der Waals surface area (Å²) in [5, 5.41) is 8.31. The molecule has 1 fully saturated rings. The van der Waals surface area contributed by atoms with Crippen LogP contribution in [0.2, 0.25) is 0 Å². The van der Waals surface area contributed by atoms with Gasteiger partial charge in [-0.2, -0.15) is 14.5 Å². The third kappa shape index (κ3) is 2.81. The van der Waals surface area contributed by atoms with Gasteiger partial charge in [0, 0.05) is 45.0 Å². The molecule has 0 spiro atoms. The lowest BCUT2D eigenvalue weighted by Gasteiger charge is -2.24. The maximum atomic E-state index is 12.9. The van der Waals surface area contributed by atoms with Crippen molar-refractivity contribution in [3.8, 4) is 0 Å². The SMILES string of the molecule is CCn1cc(S(=O)(=O)N2CC(c3cnn(C)c3)C(C)(C)C2)cn1. The Hall–Kier alpha value is -1.67. The van der Waals surface area contributed by atoms with Gasteiger partial charge < -0.3 is 0 Å². The fourth-order valence-electron chi connectivity index (χ4n) is 3.24. The molecule has 2 aromatic rings. The number of hydrogen-bond acceptors (Lipinski definition) is 4. The fraction of sp³-hybridized carbons (Fsp3) is 0.600. The van der Waals surface area contributed by atoms with Crippen LogP contribution in [0.5, 0.6) is 0 Å². The number of nitrogens with zero attached hydrogens (tertiary/aromatic N) is 5. The molecule has 23 heavy (non-hydrogen) atoms. The molecule has 8 heteroatoms. The zero-order valence-corrected chi connectivity index (χ0v) is 14.8. The summed E-state index contributed by atoms with van der Waals surface area (Å²) in [4.78, 5) is 0.266. The first-order chi connectivity index (χ1) is 10.7. The van der Waals surface area contributed by atoms with Gasteiger partial charge in [0.25, 0.3) is 0 Å². The highest BCUT2D eigenvalue weighted by Gasteiger charge is 2.45. The summed E-state index contributed by atoms with van der Waals surface area (Å²) >= 11 is 0. The minimum absolute atomic E-state index is 0.132. The van der Waals surface area contributed by atoms with Crippen molar-refractivity contribution in [2.75, 3.05) is 13.1 Å². The van der Waals surface area contributed by atoms with E-state index in [2.05, 4.69) is 24.0 Å². The Morgan fingerprint density at radius 3 is 2.57 bits per heavy atom. The first-order valence-corrected chi connectivity index (χ1v) is 9.19. The molecule has 1 unspecified atom stereocenters. The van der Waals surface area contributed by atoms with Gasteiger partial charge in [-0.25, -0.2) is 8.42 Å². The maximum Gasteiger partial charge on any atom is 0.246 e. The number of aromatic nitrogens is 4. The van der Waals surface area contributed by atoms with Gasteiger partial charge in [0.15, 0.2) is 0 Å². The van der Waals surface area contributed by atoms with Crippen molar-refractivity contribution in [3.63, 3.8) is 0 Å². The standard InChI is InChI=1S/C15H23N5O2S/c1-5-19-9-13(7-17-19)23(21,22)20-10-14(15(2,3)11-20)12-6-16-18(4)8-12/h6-9,14H,5,10-11H2,1-4H3. The summed E-state index contributed by atoms with van der Waals surface area (Å²) in [5.74, 6) is 0.132. The van der Waals surface area contributed by atoms with Crippen molar-refractivity contribution in [1.82, 2.24) is 23.9 Å². The van der Waals surface area contributed by atoms with E-state index >= 15 is 0 Å². The van der Waals surface area contributed by atoms with Gasteiger partial charge in [-0.3, -0.25) is 9.36 Å². The van der Waals surface area contributed by atoms with Crippen LogP contribution in [-0.2, 0) is 23.6 Å². The molecule has 1 aliphatic rings. The third-order valence-electron chi connectivity index (χ3n) is 4.61. The predicted molar refractivity (Wildman–Crippen MR) is 86.4 cm³/mol. The van der Waals surface area contributed by atoms with Gasteiger partial charge in [-0.05, 0) is 17.9 Å². The van der Waals surface area contributed by atoms with Crippen molar-refractivity contribution in [2.24, 2.45) is 12.5 Å². The van der Waals surface area contributed by atoms with Gasteiger partial charge >= 0.3 is 0 Å². The monoisotopic (exact) mass is 337 g/mol. The Bertz CT molecular complexity index is 805. The van der Waals surface area contributed by atoms with Crippen LogP contribution >= 0.6 is 0 Å². The highest BCUT2D eigenvalue weighted by Crippen LogP contribution is 2.43. The average molecular weight is 337 g/mol. The molecule has 0 amide bonds. The molecule has 0 bridgehead atoms. The highest BCUT2D eigenvalue weighted by atomic mass is 32.2. The Morgan fingerprint density at radius 2 is 2.00 bits per heavy atom. The number of rotatable bonds is 4. The molecule has 126 valence electrons. The van der Waals surface area contributed by atoms with E-state index in [4.69, 9.17) is 0 Å². The number of aryl methyl sites for hydroxylation is 2. The van der Waals surface area contributed by atoms with Crippen molar-refractivity contribution in [2.45, 2.75) is 38.1 Å². The van der Waals surface area contributed by atoms with Gasteiger partial charge in [-0.15, -0.1) is 0 Å². The van der Waals surface area contributed by atoms with Crippen LogP contribution in [0, 0.1) is 5.41 Å². The van der Waals surface area contributed by atoms with Gasteiger partial charge in [0.1, 0.15) is 4.90 Å². The largest absolute Gasteiger partial charge is 0.276 e. The Morgan fingerprint density at radius 1 is 1.26 bits per heavy atom. The van der Waals surface area contributed by atoms with Crippen LogP contribution in [-0.4, -0.2) is 45.4 Å². The topological polar surface area (TPSA) is 73.0 Å². The third-order valence-corrected chi connectivity index (χ3v) is 6.38. The van der Waals surface area contributed by atoms with Gasteiger partial charge in [0.2, 0.25) is 10.0 Å². The molecular formula is C15H23N5O2S. The summed E-state index contributed by atoms with van der Waals surface area (Å²) < 4.78 is 30.7. The van der Waals surface area contributed by atoms with E-state index in [-0.39, 0.29) is 16.2 Å². The van der Waals surface area contributed by atoms with Crippen LogP contribution < -0.4 is 0 Å². The molecule has 0 radical (unpaired) electrons. The predicted octanol–water partition coefficient (Wildman–Crippen LogP) is 1.45. The molecule has 1 atom stereocenters. The maximum absolute atomic E-state index is 12.9. The van der Waals surface area contributed by atoms with Crippen LogP contribution in [0.3, 0.4) is 0 Å². The quantitative estimate of drug-likeness (QED) is 0.846. The average Bonchev–Trinajstić information content (AvgIpc) is 3.16. The van der Waals surface area contributed by atoms with E-state index in [1.807, 2.05) is 26.4 Å². The van der Waals surface area contributed by atoms with Crippen LogP contribution in [0.1, 0.15) is 32.3 Å². The molecule has 2 aromatic heterocycles. The van der Waals surface area contributed by atoms with E-state index in [0.29, 0.717) is 19.6 Å². The molecule has 0 aliphatic carbocycles. The molecule has 1 aliphatic heterocycles. The molecule has 1 saturated heterocycles. The second-order valence-electron chi connectivity index (χ2n) is 6.82. The van der Waals surface area contributed by atoms with Crippen molar-refractivity contribution < 1.29 is 8.42 Å². The second-order valence-corrected chi connectivity index (χ2v) is 8.76. The summed E-state index contributed by atoms with van der Waals surface area (Å²) in [6.07, 6.45) is 6.83. The minimum Gasteiger partial charge on any atom is -0.276 e. The highest BCUT2D eigenvalue weighted by molar-refractivity contribution is 7.89. The van der Waals surface area contributed by atoms with Crippen LogP contribution in [0.4, 0.5) is 0 Å². The van der Waals surface area contributed by atoms with E-state index in [1.54, 1.807) is 19.9 Å². The molecule has 7 nitrogen and oxygen atoms in total. The second kappa shape index (κ2) is 5.45. The summed E-state index contributed by atoms with van der Waals surface area (Å²) in [5.41, 5.74) is 0.941. The summed E-state index contributed by atoms with van der Waals surface area (Å²) in [7, 11) is -1.64. The normalized spacial score (nSPS) is 21.8. The van der Waals surface area contributed by atoms with Crippen molar-refractivity contribution in [1.29, 1.82) is 0 Å². The summed E-state index contributed by atoms with van der Waals surface area (Å²) in [6.45, 7) is 7.76. The van der Waals surface area contributed by atoms with Gasteiger partial charge in [0.05, 0.1) is 12.4 Å². The molecule has 3 heterocycles. The van der Waals surface area contributed by atoms with Gasteiger partial charge in [-0.1, -0.05) is 13.8 Å². The van der Waals surface area contributed by atoms with Crippen LogP contribution in [0.25, 0.3) is 0 Å². The van der Waals surface area contributed by atoms with E-state index in [9.17, 15) is 8.42 Å². The zero-order valence-electron chi connectivity index (χ0n) is 14.0. The van der Waals surface area contributed by atoms with Crippen LogP contribution in [0.15, 0.2) is 29.7 Å². The Labute approximate surface area is 137 Å². The zero-order chi connectivity index (χ0) is 16.8. The van der Waals surface area contributed by atoms with E-state index in [1.165, 1.54) is 6.20 Å². The van der Waals surface area contributed by atoms with E-state index < -0.39 is 10.0 Å². The lowest BCUT2D eigenvalue weighted by atomic mass is 9.79. The number of sulfonamides is 1. The minimum atomic E-state index is -3.51. The Kier molecular flexibility index (Phi) is 3.84. The molecule has 3 rings (SSSR count). The summed E-state index contributed by atoms with van der Waals surface area (Å²) in [6, 6.07) is 0.